The number of carbonyl (C=O) groups is 2. The summed E-state index contributed by atoms with van der Waals surface area (Å²) in [4.78, 5) is 24.2. The van der Waals surface area contributed by atoms with Gasteiger partial charge in [-0.3, -0.25) is 4.79 Å². The number of rotatable bonds is 5. The first kappa shape index (κ1) is 18.0. The number of aldehydes is 1. The molecule has 0 aromatic heterocycles. The first-order chi connectivity index (χ1) is 12.4. The quantitative estimate of drug-likeness (QED) is 0.480. The van der Waals surface area contributed by atoms with E-state index >= 15 is 0 Å². The van der Waals surface area contributed by atoms with Crippen LogP contribution in [0.15, 0.2) is 60.7 Å². The molecule has 0 saturated heterocycles. The molecular weight excluding hydrogens is 352 g/mol. The third-order valence-electron chi connectivity index (χ3n) is 4.21. The lowest BCUT2D eigenvalue weighted by Crippen LogP contribution is -2.30. The number of carbonyl (C=O) groups excluding carboxylic acids is 2. The summed E-state index contributed by atoms with van der Waals surface area (Å²) in [6, 6.07) is 17.5. The van der Waals surface area contributed by atoms with Crippen LogP contribution in [0.1, 0.15) is 22.8 Å². The molecule has 0 N–H and O–H groups in total. The molecule has 0 aliphatic carbocycles. The van der Waals surface area contributed by atoms with Crippen molar-refractivity contribution >= 4 is 34.6 Å². The fourth-order valence-corrected chi connectivity index (χ4v) is 2.87. The summed E-state index contributed by atoms with van der Waals surface area (Å²) in [6.07, 6.45) is 0.625. The lowest BCUT2D eigenvalue weighted by Gasteiger charge is -2.24. The van der Waals surface area contributed by atoms with Gasteiger partial charge in [-0.2, -0.15) is 0 Å². The molecule has 0 aliphatic heterocycles. The molecule has 0 spiro atoms. The minimum Gasteiger partial charge on any atom is -0.497 e. The number of esters is 1. The fourth-order valence-electron chi connectivity index (χ4n) is 2.68. The van der Waals surface area contributed by atoms with Crippen molar-refractivity contribution in [2.45, 2.75) is 12.5 Å². The first-order valence-electron chi connectivity index (χ1n) is 7.99. The smallest absolute Gasteiger partial charge is 0.339 e. The second-order valence-electron chi connectivity index (χ2n) is 6.05. The highest BCUT2D eigenvalue weighted by atomic mass is 35.5. The molecule has 4 nitrogen and oxygen atoms in total. The van der Waals surface area contributed by atoms with E-state index in [1.807, 2.05) is 30.3 Å². The minimum absolute atomic E-state index is 0.288. The van der Waals surface area contributed by atoms with Gasteiger partial charge in [0, 0.05) is 10.6 Å². The number of fused-ring (bicyclic) bond motifs is 1. The van der Waals surface area contributed by atoms with Gasteiger partial charge in [0.1, 0.15) is 5.75 Å². The highest BCUT2D eigenvalue weighted by Crippen LogP contribution is 2.29. The first-order valence-corrected chi connectivity index (χ1v) is 8.36. The van der Waals surface area contributed by atoms with E-state index in [2.05, 4.69) is 0 Å². The Morgan fingerprint density at radius 3 is 2.46 bits per heavy atom. The highest BCUT2D eigenvalue weighted by molar-refractivity contribution is 6.30. The molecular formula is C21H17ClO4. The molecule has 0 saturated carbocycles. The Bertz CT molecular complexity index is 983. The van der Waals surface area contributed by atoms with Crippen LogP contribution in [0.5, 0.6) is 5.75 Å². The summed E-state index contributed by atoms with van der Waals surface area (Å²) in [5.41, 5.74) is -0.537. The standard InChI is InChI=1S/C21H17ClO4/c1-21(13-23,26-20(24)16-4-3-5-18(22)11-16)17-8-6-15-12-19(25-2)9-7-14(15)10-17/h3-13H,1-2H3/t21-/m0/s1. The van der Waals surface area contributed by atoms with Crippen molar-refractivity contribution in [1.82, 2.24) is 0 Å². The average Bonchev–Trinajstić information content (AvgIpc) is 2.66. The third kappa shape index (κ3) is 3.55. The van der Waals surface area contributed by atoms with Gasteiger partial charge < -0.3 is 9.47 Å². The largest absolute Gasteiger partial charge is 0.497 e. The van der Waals surface area contributed by atoms with Crippen molar-refractivity contribution in [3.05, 3.63) is 76.8 Å². The van der Waals surface area contributed by atoms with E-state index in [1.165, 1.54) is 6.07 Å². The molecule has 0 bridgehead atoms. The van der Waals surface area contributed by atoms with Crippen molar-refractivity contribution in [1.29, 1.82) is 0 Å². The van der Waals surface area contributed by atoms with Gasteiger partial charge in [-0.05, 0) is 54.1 Å². The van der Waals surface area contributed by atoms with Crippen LogP contribution in [0, 0.1) is 0 Å². The van der Waals surface area contributed by atoms with Crippen LogP contribution in [0.4, 0.5) is 0 Å². The summed E-state index contributed by atoms with van der Waals surface area (Å²) < 4.78 is 10.7. The molecule has 5 heteroatoms. The summed E-state index contributed by atoms with van der Waals surface area (Å²) in [7, 11) is 1.61. The van der Waals surface area contributed by atoms with Crippen molar-refractivity contribution in [3.63, 3.8) is 0 Å². The Kier molecular flexibility index (Phi) is 4.96. The van der Waals surface area contributed by atoms with Crippen LogP contribution >= 0.6 is 11.6 Å². The van der Waals surface area contributed by atoms with Gasteiger partial charge in [-0.25, -0.2) is 4.79 Å². The van der Waals surface area contributed by atoms with E-state index in [1.54, 1.807) is 38.3 Å². The Labute approximate surface area is 156 Å². The molecule has 3 aromatic rings. The van der Waals surface area contributed by atoms with Gasteiger partial charge in [0.2, 0.25) is 0 Å². The zero-order valence-corrected chi connectivity index (χ0v) is 15.1. The zero-order valence-electron chi connectivity index (χ0n) is 14.4. The molecule has 3 rings (SSSR count). The fraction of sp³-hybridized carbons (Fsp3) is 0.143. The van der Waals surface area contributed by atoms with E-state index in [-0.39, 0.29) is 5.56 Å². The second kappa shape index (κ2) is 7.18. The summed E-state index contributed by atoms with van der Waals surface area (Å²) in [6.45, 7) is 1.56. The van der Waals surface area contributed by atoms with Gasteiger partial charge in [-0.15, -0.1) is 0 Å². The van der Waals surface area contributed by atoms with E-state index in [0.29, 0.717) is 16.9 Å². The van der Waals surface area contributed by atoms with E-state index in [9.17, 15) is 9.59 Å². The van der Waals surface area contributed by atoms with Crippen LogP contribution in [0.3, 0.4) is 0 Å². The van der Waals surface area contributed by atoms with Crippen LogP contribution in [-0.2, 0) is 15.1 Å². The van der Waals surface area contributed by atoms with Crippen LogP contribution in [-0.4, -0.2) is 19.4 Å². The number of halogens is 1. The molecule has 0 unspecified atom stereocenters. The number of benzene rings is 3. The molecule has 0 heterocycles. The predicted octanol–water partition coefficient (Wildman–Crippen LogP) is 4.77. The summed E-state index contributed by atoms with van der Waals surface area (Å²) >= 11 is 5.91. The zero-order chi connectivity index (χ0) is 18.7. The van der Waals surface area contributed by atoms with Crippen LogP contribution in [0.2, 0.25) is 5.02 Å². The molecule has 0 fully saturated rings. The van der Waals surface area contributed by atoms with Crippen LogP contribution in [0.25, 0.3) is 10.8 Å². The van der Waals surface area contributed by atoms with Gasteiger partial charge in [0.05, 0.1) is 12.7 Å². The number of ether oxygens (including phenoxy) is 2. The normalized spacial score (nSPS) is 13.0. The Morgan fingerprint density at radius 2 is 1.77 bits per heavy atom. The SMILES string of the molecule is COc1ccc2cc([C@](C)(C=O)OC(=O)c3cccc(Cl)c3)ccc2c1. The average molecular weight is 369 g/mol. The van der Waals surface area contributed by atoms with E-state index < -0.39 is 11.6 Å². The number of hydrogen-bond acceptors (Lipinski definition) is 4. The van der Waals surface area contributed by atoms with E-state index in [0.717, 1.165) is 16.5 Å². The van der Waals surface area contributed by atoms with Crippen molar-refractivity contribution in [3.8, 4) is 5.75 Å². The van der Waals surface area contributed by atoms with Gasteiger partial charge in [0.25, 0.3) is 0 Å². The van der Waals surface area contributed by atoms with E-state index in [4.69, 9.17) is 21.1 Å². The second-order valence-corrected chi connectivity index (χ2v) is 6.49. The lowest BCUT2D eigenvalue weighted by molar-refractivity contribution is -0.124. The molecule has 0 amide bonds. The molecule has 3 aromatic carbocycles. The highest BCUT2D eigenvalue weighted by Gasteiger charge is 2.31. The molecule has 1 atom stereocenters. The number of hydrogen-bond donors (Lipinski definition) is 0. The van der Waals surface area contributed by atoms with Crippen molar-refractivity contribution in [2.75, 3.05) is 7.11 Å². The topological polar surface area (TPSA) is 52.6 Å². The maximum absolute atomic E-state index is 12.4. The summed E-state index contributed by atoms with van der Waals surface area (Å²) in [5.74, 6) is 0.132. The third-order valence-corrected chi connectivity index (χ3v) is 4.45. The Hall–Kier alpha value is -2.85. The van der Waals surface area contributed by atoms with Crippen molar-refractivity contribution < 1.29 is 19.1 Å². The predicted molar refractivity (Wildman–Crippen MR) is 101 cm³/mol. The van der Waals surface area contributed by atoms with Crippen molar-refractivity contribution in [2.24, 2.45) is 0 Å². The molecule has 0 radical (unpaired) electrons. The molecule has 132 valence electrons. The Morgan fingerprint density at radius 1 is 1.04 bits per heavy atom. The molecule has 0 aliphatic rings. The maximum atomic E-state index is 12.4. The monoisotopic (exact) mass is 368 g/mol. The van der Waals surface area contributed by atoms with Gasteiger partial charge in [0.15, 0.2) is 11.9 Å². The van der Waals surface area contributed by atoms with Gasteiger partial charge in [-0.1, -0.05) is 35.9 Å². The van der Waals surface area contributed by atoms with Crippen LogP contribution < -0.4 is 4.74 Å². The number of methoxy groups -OCH3 is 1. The Balaban J connectivity index is 1.94. The minimum atomic E-state index is -1.41. The van der Waals surface area contributed by atoms with Gasteiger partial charge >= 0.3 is 5.97 Å². The lowest BCUT2D eigenvalue weighted by atomic mass is 9.94. The maximum Gasteiger partial charge on any atom is 0.339 e. The summed E-state index contributed by atoms with van der Waals surface area (Å²) in [5, 5.41) is 2.30. The molecule has 26 heavy (non-hydrogen) atoms.